The van der Waals surface area contributed by atoms with Gasteiger partial charge in [-0.1, -0.05) is 0 Å². The van der Waals surface area contributed by atoms with Gasteiger partial charge in [-0.25, -0.2) is 4.57 Å². The van der Waals surface area contributed by atoms with Crippen LogP contribution in [0.5, 0.6) is 0 Å². The molecule has 1 aromatic carbocycles. The van der Waals surface area contributed by atoms with Crippen molar-refractivity contribution in [3.05, 3.63) is 46.6 Å². The van der Waals surface area contributed by atoms with Crippen molar-refractivity contribution in [2.75, 3.05) is 7.11 Å². The fourth-order valence-electron chi connectivity index (χ4n) is 1.47. The third-order valence-electron chi connectivity index (χ3n) is 2.40. The van der Waals surface area contributed by atoms with Gasteiger partial charge in [-0.05, 0) is 6.07 Å². The van der Waals surface area contributed by atoms with Crippen LogP contribution in [0.1, 0.15) is 0 Å². The van der Waals surface area contributed by atoms with Crippen LogP contribution in [0.15, 0.2) is 36.5 Å². The second kappa shape index (κ2) is 6.37. The Kier molecular flexibility index (Phi) is 5.08. The molecule has 0 amide bonds. The minimum absolute atomic E-state index is 0.128. The van der Waals surface area contributed by atoms with Gasteiger partial charge in [-0.3, -0.25) is 18.9 Å². The molecule has 0 bridgehead atoms. The second-order valence-electron chi connectivity index (χ2n) is 3.71. The fraction of sp³-hybridized carbons (Fsp3) is 0.182. The van der Waals surface area contributed by atoms with E-state index in [1.807, 2.05) is 29.9 Å². The summed E-state index contributed by atoms with van der Waals surface area (Å²) < 4.78 is 31.6. The highest BCUT2D eigenvalue weighted by molar-refractivity contribution is 7.80. The van der Waals surface area contributed by atoms with E-state index in [2.05, 4.69) is 4.18 Å². The summed E-state index contributed by atoms with van der Waals surface area (Å²) in [7, 11) is -1.38. The highest BCUT2D eigenvalue weighted by Gasteiger charge is 2.09. The topological polar surface area (TPSA) is 111 Å². The number of nitrogens with zero attached hydrogens (tertiary/aromatic N) is 2. The molecule has 0 saturated heterocycles. The zero-order valence-electron chi connectivity index (χ0n) is 10.8. The van der Waals surface area contributed by atoms with Crippen LogP contribution in [-0.2, 0) is 21.6 Å². The number of hydrogen-bond acceptors (Lipinski definition) is 5. The summed E-state index contributed by atoms with van der Waals surface area (Å²) in [4.78, 5) is 10.1. The van der Waals surface area contributed by atoms with Crippen molar-refractivity contribution in [1.82, 2.24) is 0 Å². The number of aryl methyl sites for hydroxylation is 1. The first-order chi connectivity index (χ1) is 9.24. The molecular weight excluding hydrogens is 288 g/mol. The van der Waals surface area contributed by atoms with Gasteiger partial charge in [-0.2, -0.15) is 8.42 Å². The fourth-order valence-corrected chi connectivity index (χ4v) is 1.47. The van der Waals surface area contributed by atoms with Crippen molar-refractivity contribution in [3.8, 4) is 0 Å². The standard InChI is InChI=1S/C10H9N2O2.CH4O4S/c1-11-6-2-3-8-7-9(12(13)14)4-5-10(8)11;1-5-6(2,3)4/h2-7H,1H3;1H3,(H,2,3,4)/q+1;. The molecule has 1 N–H and O–H groups in total. The van der Waals surface area contributed by atoms with Crippen molar-refractivity contribution in [2.45, 2.75) is 0 Å². The third kappa shape index (κ3) is 4.53. The van der Waals surface area contributed by atoms with Gasteiger partial charge in [0.15, 0.2) is 6.20 Å². The lowest BCUT2D eigenvalue weighted by atomic mass is 10.2. The van der Waals surface area contributed by atoms with E-state index < -0.39 is 10.4 Å². The number of nitro groups is 1. The van der Waals surface area contributed by atoms with E-state index in [1.165, 1.54) is 6.07 Å². The van der Waals surface area contributed by atoms with Gasteiger partial charge in [0.2, 0.25) is 5.52 Å². The van der Waals surface area contributed by atoms with Crippen LogP contribution in [0.4, 0.5) is 5.69 Å². The highest BCUT2D eigenvalue weighted by Crippen LogP contribution is 2.17. The molecule has 2 rings (SSSR count). The summed E-state index contributed by atoms with van der Waals surface area (Å²) in [6.07, 6.45) is 1.91. The van der Waals surface area contributed by atoms with Crippen molar-refractivity contribution >= 4 is 27.0 Å². The molecule has 0 aliphatic carbocycles. The first-order valence-corrected chi connectivity index (χ1v) is 6.67. The number of nitro benzene ring substituents is 1. The summed E-state index contributed by atoms with van der Waals surface area (Å²) in [6.45, 7) is 0. The van der Waals surface area contributed by atoms with E-state index in [1.54, 1.807) is 12.1 Å². The molecule has 9 heteroatoms. The second-order valence-corrected chi connectivity index (χ2v) is 4.90. The van der Waals surface area contributed by atoms with Crippen LogP contribution in [0, 0.1) is 10.1 Å². The lowest BCUT2D eigenvalue weighted by Crippen LogP contribution is -2.27. The SMILES string of the molecule is COS(=O)(=O)O.C[n+]1cccc2cc([N+](=O)[O-])ccc21. The van der Waals surface area contributed by atoms with Crippen molar-refractivity contribution < 1.29 is 26.6 Å². The van der Waals surface area contributed by atoms with Crippen LogP contribution in [0.3, 0.4) is 0 Å². The van der Waals surface area contributed by atoms with Crippen LogP contribution in [0.2, 0.25) is 0 Å². The van der Waals surface area contributed by atoms with Gasteiger partial charge >= 0.3 is 10.4 Å². The maximum atomic E-state index is 10.5. The lowest BCUT2D eigenvalue weighted by Gasteiger charge is -1.95. The van der Waals surface area contributed by atoms with E-state index in [0.29, 0.717) is 0 Å². The van der Waals surface area contributed by atoms with Gasteiger partial charge in [0.1, 0.15) is 7.05 Å². The zero-order valence-corrected chi connectivity index (χ0v) is 11.6. The smallest absolute Gasteiger partial charge is 0.264 e. The van der Waals surface area contributed by atoms with E-state index in [9.17, 15) is 18.5 Å². The molecule has 1 heterocycles. The number of rotatable bonds is 2. The Bertz CT molecular complexity index is 729. The Morgan fingerprint density at radius 2 is 1.95 bits per heavy atom. The van der Waals surface area contributed by atoms with Crippen LogP contribution >= 0.6 is 0 Å². The Hall–Kier alpha value is -2.10. The molecule has 2 aromatic rings. The summed E-state index contributed by atoms with van der Waals surface area (Å²) in [6, 6.07) is 8.58. The molecule has 0 atom stereocenters. The average Bonchev–Trinajstić information content (AvgIpc) is 2.38. The summed E-state index contributed by atoms with van der Waals surface area (Å²) in [5.74, 6) is 0. The number of benzene rings is 1. The molecule has 20 heavy (non-hydrogen) atoms. The zero-order chi connectivity index (χ0) is 15.3. The molecular formula is C11H13N2O6S+. The first kappa shape index (κ1) is 16.0. The van der Waals surface area contributed by atoms with Crippen molar-refractivity contribution in [2.24, 2.45) is 7.05 Å². The summed E-state index contributed by atoms with van der Waals surface area (Å²) in [5, 5.41) is 11.4. The van der Waals surface area contributed by atoms with E-state index in [-0.39, 0.29) is 10.6 Å². The third-order valence-corrected chi connectivity index (χ3v) is 2.82. The van der Waals surface area contributed by atoms with Gasteiger partial charge in [-0.15, -0.1) is 0 Å². The number of aromatic nitrogens is 1. The molecule has 0 unspecified atom stereocenters. The number of hydrogen-bond donors (Lipinski definition) is 1. The van der Waals surface area contributed by atoms with Crippen molar-refractivity contribution in [3.63, 3.8) is 0 Å². The average molecular weight is 301 g/mol. The molecule has 0 aliphatic rings. The van der Waals surface area contributed by atoms with Gasteiger partial charge in [0.05, 0.1) is 17.4 Å². The summed E-state index contributed by atoms with van der Waals surface area (Å²) in [5.41, 5.74) is 1.11. The van der Waals surface area contributed by atoms with Gasteiger partial charge in [0, 0.05) is 24.3 Å². The van der Waals surface area contributed by atoms with Crippen LogP contribution in [0.25, 0.3) is 10.9 Å². The Morgan fingerprint density at radius 3 is 2.45 bits per heavy atom. The monoisotopic (exact) mass is 301 g/mol. The van der Waals surface area contributed by atoms with E-state index >= 15 is 0 Å². The normalized spacial score (nSPS) is 10.8. The van der Waals surface area contributed by atoms with Gasteiger partial charge in [0.25, 0.3) is 5.69 Å². The quantitative estimate of drug-likeness (QED) is 0.383. The molecule has 0 spiro atoms. The predicted molar refractivity (Wildman–Crippen MR) is 70.3 cm³/mol. The maximum absolute atomic E-state index is 10.5. The van der Waals surface area contributed by atoms with Crippen molar-refractivity contribution in [1.29, 1.82) is 0 Å². The molecule has 0 saturated carbocycles. The lowest BCUT2D eigenvalue weighted by molar-refractivity contribution is -0.644. The molecule has 1 aromatic heterocycles. The minimum Gasteiger partial charge on any atom is -0.264 e. The Labute approximate surface area is 115 Å². The maximum Gasteiger partial charge on any atom is 0.397 e. The largest absolute Gasteiger partial charge is 0.397 e. The van der Waals surface area contributed by atoms with E-state index in [4.69, 9.17) is 4.55 Å². The number of non-ortho nitro benzene ring substituents is 1. The first-order valence-electron chi connectivity index (χ1n) is 5.30. The molecule has 8 nitrogen and oxygen atoms in total. The van der Waals surface area contributed by atoms with Crippen LogP contribution in [-0.4, -0.2) is 25.0 Å². The number of fused-ring (bicyclic) bond motifs is 1. The predicted octanol–water partition coefficient (Wildman–Crippen LogP) is 1.01. The number of pyridine rings is 1. The molecule has 0 radical (unpaired) electrons. The van der Waals surface area contributed by atoms with Crippen LogP contribution < -0.4 is 4.57 Å². The Balaban J connectivity index is 0.000000286. The molecule has 108 valence electrons. The molecule has 0 fully saturated rings. The minimum atomic E-state index is -4.16. The summed E-state index contributed by atoms with van der Waals surface area (Å²) >= 11 is 0. The van der Waals surface area contributed by atoms with Gasteiger partial charge < -0.3 is 0 Å². The highest BCUT2D eigenvalue weighted by atomic mass is 32.3. The molecule has 0 aliphatic heterocycles. The Morgan fingerprint density at radius 1 is 1.35 bits per heavy atom. The van der Waals surface area contributed by atoms with E-state index in [0.717, 1.165) is 18.0 Å².